The summed E-state index contributed by atoms with van der Waals surface area (Å²) in [6.07, 6.45) is 2.23. The summed E-state index contributed by atoms with van der Waals surface area (Å²) in [4.78, 5) is 0. The van der Waals surface area contributed by atoms with Crippen molar-refractivity contribution in [1.82, 2.24) is 5.32 Å². The molecule has 0 aromatic heterocycles. The summed E-state index contributed by atoms with van der Waals surface area (Å²) in [5.41, 5.74) is 7.44. The first-order valence-corrected chi connectivity index (χ1v) is 6.81. The zero-order valence-corrected chi connectivity index (χ0v) is 11.6. The lowest BCUT2D eigenvalue weighted by molar-refractivity contribution is 0.315. The highest BCUT2D eigenvalue weighted by Gasteiger charge is 2.32. The first-order chi connectivity index (χ1) is 8.27. The number of nitrogens with two attached hydrogens (primary N) is 1. The Morgan fingerprint density at radius 2 is 1.71 bits per heavy atom. The molecule has 1 aromatic rings. The van der Waals surface area contributed by atoms with Crippen LogP contribution in [0.5, 0.6) is 0 Å². The molecule has 0 unspecified atom stereocenters. The lowest BCUT2D eigenvalue weighted by Crippen LogP contribution is -2.44. The van der Waals surface area contributed by atoms with Gasteiger partial charge in [0.2, 0.25) is 0 Å². The molecule has 0 saturated carbocycles. The van der Waals surface area contributed by atoms with Gasteiger partial charge in [-0.25, -0.2) is 0 Å². The van der Waals surface area contributed by atoms with Crippen molar-refractivity contribution in [3.63, 3.8) is 0 Å². The molecule has 2 nitrogen and oxygen atoms in total. The maximum Gasteiger partial charge on any atom is 0.0406 e. The molecule has 17 heavy (non-hydrogen) atoms. The Kier molecular flexibility index (Phi) is 5.96. The number of piperidine rings is 1. The molecule has 1 aliphatic rings. The molecule has 0 bridgehead atoms. The highest BCUT2D eigenvalue weighted by Crippen LogP contribution is 2.32. The Morgan fingerprint density at radius 3 is 2.18 bits per heavy atom. The van der Waals surface area contributed by atoms with Crippen molar-refractivity contribution in [1.29, 1.82) is 0 Å². The minimum atomic E-state index is 0.163. The van der Waals surface area contributed by atoms with Crippen molar-refractivity contribution >= 4 is 11.6 Å². The van der Waals surface area contributed by atoms with Crippen LogP contribution in [0.25, 0.3) is 0 Å². The van der Waals surface area contributed by atoms with Crippen LogP contribution in [0.2, 0.25) is 5.02 Å². The number of hydrogen-bond acceptors (Lipinski definition) is 2. The second-order valence-corrected chi connectivity index (χ2v) is 4.68. The predicted molar refractivity (Wildman–Crippen MR) is 75.6 cm³/mol. The Balaban J connectivity index is 0.000000686. The van der Waals surface area contributed by atoms with E-state index >= 15 is 0 Å². The van der Waals surface area contributed by atoms with Crippen molar-refractivity contribution in [2.24, 2.45) is 5.73 Å². The topological polar surface area (TPSA) is 38.0 Å². The monoisotopic (exact) mass is 254 g/mol. The molecule has 96 valence electrons. The van der Waals surface area contributed by atoms with E-state index in [9.17, 15) is 0 Å². The quantitative estimate of drug-likeness (QED) is 0.852. The lowest BCUT2D eigenvalue weighted by atomic mass is 9.73. The Labute approximate surface area is 110 Å². The first kappa shape index (κ1) is 14.5. The standard InChI is InChI=1S/C12H17ClN2.C2H6/c13-11-3-1-10(2-4-11)12(9-14)5-7-15-8-6-12;1-2/h1-4,15H,5-9,14H2;1-2H3. The van der Waals surface area contributed by atoms with E-state index in [0.717, 1.165) is 37.5 Å². The Bertz CT molecular complexity index is 315. The summed E-state index contributed by atoms with van der Waals surface area (Å²) in [7, 11) is 0. The molecular weight excluding hydrogens is 232 g/mol. The molecule has 0 radical (unpaired) electrons. The van der Waals surface area contributed by atoms with Gasteiger partial charge < -0.3 is 11.1 Å². The fourth-order valence-corrected chi connectivity index (χ4v) is 2.45. The second-order valence-electron chi connectivity index (χ2n) is 4.24. The van der Waals surface area contributed by atoms with Gasteiger partial charge in [0.15, 0.2) is 0 Å². The van der Waals surface area contributed by atoms with Crippen LogP contribution in [0.15, 0.2) is 24.3 Å². The SMILES string of the molecule is CC.NCC1(c2ccc(Cl)cc2)CCNCC1. The third kappa shape index (κ3) is 3.44. The van der Waals surface area contributed by atoms with E-state index in [1.54, 1.807) is 0 Å². The molecule has 1 heterocycles. The third-order valence-electron chi connectivity index (χ3n) is 3.41. The molecule has 0 aliphatic carbocycles. The molecule has 1 aromatic carbocycles. The second kappa shape index (κ2) is 7.00. The molecule has 0 amide bonds. The molecule has 0 spiro atoms. The summed E-state index contributed by atoms with van der Waals surface area (Å²) in [5.74, 6) is 0. The van der Waals surface area contributed by atoms with Crippen LogP contribution in [-0.2, 0) is 5.41 Å². The average molecular weight is 255 g/mol. The molecular formula is C14H23ClN2. The highest BCUT2D eigenvalue weighted by molar-refractivity contribution is 6.30. The van der Waals surface area contributed by atoms with Crippen molar-refractivity contribution < 1.29 is 0 Å². The number of hydrogen-bond donors (Lipinski definition) is 2. The molecule has 3 N–H and O–H groups in total. The smallest absolute Gasteiger partial charge is 0.0406 e. The van der Waals surface area contributed by atoms with Gasteiger partial charge in [-0.15, -0.1) is 0 Å². The predicted octanol–water partition coefficient (Wildman–Crippen LogP) is 2.95. The number of nitrogens with one attached hydrogen (secondary N) is 1. The fraction of sp³-hybridized carbons (Fsp3) is 0.571. The lowest BCUT2D eigenvalue weighted by Gasteiger charge is -2.37. The molecule has 1 fully saturated rings. The normalized spacial score (nSPS) is 18.1. The molecule has 1 aliphatic heterocycles. The highest BCUT2D eigenvalue weighted by atomic mass is 35.5. The molecule has 1 saturated heterocycles. The van der Waals surface area contributed by atoms with E-state index in [-0.39, 0.29) is 5.41 Å². The van der Waals surface area contributed by atoms with Gasteiger partial charge in [-0.1, -0.05) is 37.6 Å². The largest absolute Gasteiger partial charge is 0.330 e. The molecule has 0 atom stereocenters. The van der Waals surface area contributed by atoms with Crippen LogP contribution in [-0.4, -0.2) is 19.6 Å². The number of halogens is 1. The molecule has 2 rings (SSSR count). The van der Waals surface area contributed by atoms with Crippen LogP contribution >= 0.6 is 11.6 Å². The van der Waals surface area contributed by atoms with Gasteiger partial charge in [-0.3, -0.25) is 0 Å². The van der Waals surface area contributed by atoms with E-state index < -0.39 is 0 Å². The van der Waals surface area contributed by atoms with E-state index in [0.29, 0.717) is 0 Å². The maximum atomic E-state index is 5.95. The van der Waals surface area contributed by atoms with Crippen LogP contribution < -0.4 is 11.1 Å². The van der Waals surface area contributed by atoms with Crippen molar-refractivity contribution in [2.45, 2.75) is 32.1 Å². The average Bonchev–Trinajstić information content (AvgIpc) is 2.42. The minimum absolute atomic E-state index is 0.163. The van der Waals surface area contributed by atoms with Gasteiger partial charge in [0.05, 0.1) is 0 Å². The summed E-state index contributed by atoms with van der Waals surface area (Å²) >= 11 is 5.90. The summed E-state index contributed by atoms with van der Waals surface area (Å²) in [5, 5.41) is 4.16. The fourth-order valence-electron chi connectivity index (χ4n) is 2.32. The van der Waals surface area contributed by atoms with E-state index in [1.807, 2.05) is 26.0 Å². The first-order valence-electron chi connectivity index (χ1n) is 6.44. The van der Waals surface area contributed by atoms with Crippen LogP contribution in [0.1, 0.15) is 32.3 Å². The zero-order valence-electron chi connectivity index (χ0n) is 10.8. The minimum Gasteiger partial charge on any atom is -0.330 e. The van der Waals surface area contributed by atoms with Crippen molar-refractivity contribution in [3.8, 4) is 0 Å². The number of benzene rings is 1. The van der Waals surface area contributed by atoms with Crippen LogP contribution in [0.4, 0.5) is 0 Å². The van der Waals surface area contributed by atoms with Gasteiger partial charge in [-0.2, -0.15) is 0 Å². The van der Waals surface area contributed by atoms with Gasteiger partial charge in [-0.05, 0) is 43.6 Å². The van der Waals surface area contributed by atoms with E-state index in [1.165, 1.54) is 5.56 Å². The van der Waals surface area contributed by atoms with Crippen LogP contribution in [0, 0.1) is 0 Å². The Hall–Kier alpha value is -0.570. The van der Waals surface area contributed by atoms with Gasteiger partial charge >= 0.3 is 0 Å². The third-order valence-corrected chi connectivity index (χ3v) is 3.66. The number of rotatable bonds is 2. The Morgan fingerprint density at radius 1 is 1.18 bits per heavy atom. The molecule has 3 heteroatoms. The summed E-state index contributed by atoms with van der Waals surface area (Å²) in [6.45, 7) is 6.83. The van der Waals surface area contributed by atoms with Gasteiger partial charge in [0.25, 0.3) is 0 Å². The van der Waals surface area contributed by atoms with Crippen molar-refractivity contribution in [2.75, 3.05) is 19.6 Å². The summed E-state index contributed by atoms with van der Waals surface area (Å²) < 4.78 is 0. The maximum absolute atomic E-state index is 5.95. The van der Waals surface area contributed by atoms with Gasteiger partial charge in [0.1, 0.15) is 0 Å². The van der Waals surface area contributed by atoms with E-state index in [4.69, 9.17) is 17.3 Å². The van der Waals surface area contributed by atoms with Crippen molar-refractivity contribution in [3.05, 3.63) is 34.9 Å². The summed E-state index contributed by atoms with van der Waals surface area (Å²) in [6, 6.07) is 8.13. The van der Waals surface area contributed by atoms with Gasteiger partial charge in [0, 0.05) is 17.0 Å². The van der Waals surface area contributed by atoms with E-state index in [2.05, 4.69) is 17.4 Å². The zero-order chi connectivity index (χ0) is 12.7. The van der Waals surface area contributed by atoms with Crippen LogP contribution in [0.3, 0.4) is 0 Å².